The van der Waals surface area contributed by atoms with Crippen LogP contribution in [0.1, 0.15) is 19.3 Å². The average Bonchev–Trinajstić information content (AvgIpc) is 3.56. The summed E-state index contributed by atoms with van der Waals surface area (Å²) < 4.78 is 62.5. The van der Waals surface area contributed by atoms with Crippen molar-refractivity contribution in [2.24, 2.45) is 0 Å². The van der Waals surface area contributed by atoms with Gasteiger partial charge in [-0.05, 0) is 31.4 Å². The van der Waals surface area contributed by atoms with E-state index in [9.17, 15) is 21.6 Å². The predicted octanol–water partition coefficient (Wildman–Crippen LogP) is -0.0578. The van der Waals surface area contributed by atoms with Crippen LogP contribution in [0.4, 0.5) is 0 Å². The minimum atomic E-state index is -3.68. The molecule has 182 valence electrons. The van der Waals surface area contributed by atoms with Crippen LogP contribution in [0.5, 0.6) is 11.5 Å². The van der Waals surface area contributed by atoms with Crippen molar-refractivity contribution in [3.8, 4) is 11.5 Å². The normalized spacial score (nSPS) is 25.6. The molecule has 3 aliphatic heterocycles. The molecule has 1 aromatic rings. The van der Waals surface area contributed by atoms with E-state index in [1.54, 1.807) is 11.0 Å². The topological polar surface area (TPSA) is 114 Å². The number of carbonyl (C=O) groups is 1. The third-order valence-corrected chi connectivity index (χ3v) is 10.3. The SMILES string of the molecule is O=C(CN1CCN(S(=O)(=O)c2ccc3c(c2)OCCO3)CC1)N(C1CC1)[C@@H]1CCS(=O)(=O)C1. The number of hydrogen-bond acceptors (Lipinski definition) is 8. The minimum Gasteiger partial charge on any atom is -0.486 e. The highest BCUT2D eigenvalue weighted by atomic mass is 32.2. The molecule has 1 amide bonds. The van der Waals surface area contributed by atoms with E-state index in [0.29, 0.717) is 44.2 Å². The molecule has 0 spiro atoms. The fourth-order valence-corrected chi connectivity index (χ4v) is 7.94. The maximum absolute atomic E-state index is 13.1. The second-order valence-corrected chi connectivity index (χ2v) is 13.2. The molecular weight excluding hydrogens is 470 g/mol. The highest BCUT2D eigenvalue weighted by Crippen LogP contribution is 2.34. The van der Waals surface area contributed by atoms with Crippen LogP contribution in [-0.2, 0) is 24.7 Å². The second kappa shape index (κ2) is 8.71. The van der Waals surface area contributed by atoms with Gasteiger partial charge in [0.25, 0.3) is 0 Å². The van der Waals surface area contributed by atoms with Crippen LogP contribution < -0.4 is 9.47 Å². The van der Waals surface area contributed by atoms with Crippen LogP contribution in [0.15, 0.2) is 23.1 Å². The van der Waals surface area contributed by atoms with Gasteiger partial charge in [-0.2, -0.15) is 4.31 Å². The van der Waals surface area contributed by atoms with Crippen molar-refractivity contribution in [3.05, 3.63) is 18.2 Å². The summed E-state index contributed by atoms with van der Waals surface area (Å²) in [5.74, 6) is 1.11. The molecule has 0 N–H and O–H groups in total. The summed E-state index contributed by atoms with van der Waals surface area (Å²) in [6, 6.07) is 4.57. The molecule has 3 fully saturated rings. The molecule has 2 saturated heterocycles. The quantitative estimate of drug-likeness (QED) is 0.535. The summed E-state index contributed by atoms with van der Waals surface area (Å²) in [5.41, 5.74) is 0. The first-order valence-corrected chi connectivity index (χ1v) is 14.6. The van der Waals surface area contributed by atoms with E-state index in [1.807, 2.05) is 4.90 Å². The van der Waals surface area contributed by atoms with Crippen molar-refractivity contribution < 1.29 is 31.1 Å². The fourth-order valence-electron chi connectivity index (χ4n) is 4.79. The highest BCUT2D eigenvalue weighted by Gasteiger charge is 2.42. The monoisotopic (exact) mass is 499 g/mol. The number of sulfonamides is 1. The van der Waals surface area contributed by atoms with Crippen molar-refractivity contribution in [1.29, 1.82) is 0 Å². The van der Waals surface area contributed by atoms with Crippen molar-refractivity contribution in [2.45, 2.75) is 36.2 Å². The summed E-state index contributed by atoms with van der Waals surface area (Å²) in [5, 5.41) is 0. The number of benzene rings is 1. The molecule has 12 heteroatoms. The molecule has 0 unspecified atom stereocenters. The van der Waals surface area contributed by atoms with E-state index in [4.69, 9.17) is 9.47 Å². The largest absolute Gasteiger partial charge is 0.486 e. The predicted molar refractivity (Wildman–Crippen MR) is 120 cm³/mol. The maximum atomic E-state index is 13.1. The number of hydrogen-bond donors (Lipinski definition) is 0. The van der Waals surface area contributed by atoms with Gasteiger partial charge in [0.1, 0.15) is 13.2 Å². The first-order valence-electron chi connectivity index (χ1n) is 11.4. The second-order valence-electron chi connectivity index (χ2n) is 9.07. The van der Waals surface area contributed by atoms with Gasteiger partial charge >= 0.3 is 0 Å². The van der Waals surface area contributed by atoms with E-state index in [1.165, 1.54) is 16.4 Å². The third-order valence-electron chi connectivity index (χ3n) is 6.67. The number of amides is 1. The minimum absolute atomic E-state index is 0.0524. The first kappa shape index (κ1) is 22.9. The Bertz CT molecular complexity index is 1130. The van der Waals surface area contributed by atoms with Crippen LogP contribution >= 0.6 is 0 Å². The number of nitrogens with zero attached hydrogens (tertiary/aromatic N) is 3. The highest BCUT2D eigenvalue weighted by molar-refractivity contribution is 7.91. The van der Waals surface area contributed by atoms with Gasteiger partial charge in [0.2, 0.25) is 15.9 Å². The number of fused-ring (bicyclic) bond motifs is 1. The van der Waals surface area contributed by atoms with Crippen LogP contribution in [0.2, 0.25) is 0 Å². The Hall–Kier alpha value is -1.89. The molecule has 0 aromatic heterocycles. The van der Waals surface area contributed by atoms with Crippen molar-refractivity contribution in [3.63, 3.8) is 0 Å². The average molecular weight is 500 g/mol. The Morgan fingerprint density at radius 3 is 2.33 bits per heavy atom. The Labute approximate surface area is 194 Å². The first-order chi connectivity index (χ1) is 15.7. The Kier molecular flexibility index (Phi) is 6.04. The lowest BCUT2D eigenvalue weighted by atomic mass is 10.2. The van der Waals surface area contributed by atoms with E-state index >= 15 is 0 Å². The van der Waals surface area contributed by atoms with E-state index in [0.717, 1.165) is 12.8 Å². The zero-order chi connectivity index (χ0) is 23.2. The molecule has 4 aliphatic rings. The lowest BCUT2D eigenvalue weighted by molar-refractivity contribution is -0.135. The molecule has 1 aromatic carbocycles. The molecule has 33 heavy (non-hydrogen) atoms. The van der Waals surface area contributed by atoms with Crippen LogP contribution in [0, 0.1) is 0 Å². The molecule has 1 aliphatic carbocycles. The Morgan fingerprint density at radius 2 is 1.70 bits per heavy atom. The lowest BCUT2D eigenvalue weighted by Gasteiger charge is -2.36. The van der Waals surface area contributed by atoms with Gasteiger partial charge in [0.15, 0.2) is 21.3 Å². The summed E-state index contributed by atoms with van der Waals surface area (Å²) >= 11 is 0. The summed E-state index contributed by atoms with van der Waals surface area (Å²) in [7, 11) is -6.75. The number of piperazine rings is 1. The van der Waals surface area contributed by atoms with Crippen LogP contribution in [-0.4, -0.2) is 106 Å². The summed E-state index contributed by atoms with van der Waals surface area (Å²) in [6.45, 7) is 2.46. The van der Waals surface area contributed by atoms with Crippen LogP contribution in [0.25, 0.3) is 0 Å². The summed E-state index contributed by atoms with van der Waals surface area (Å²) in [6.07, 6.45) is 2.35. The van der Waals surface area contributed by atoms with Crippen molar-refractivity contribution in [2.75, 3.05) is 57.4 Å². The molecule has 1 saturated carbocycles. The van der Waals surface area contributed by atoms with Gasteiger partial charge in [-0.1, -0.05) is 0 Å². The maximum Gasteiger partial charge on any atom is 0.243 e. The van der Waals surface area contributed by atoms with Gasteiger partial charge in [-0.25, -0.2) is 16.8 Å². The third kappa shape index (κ3) is 4.84. The Morgan fingerprint density at radius 1 is 1.00 bits per heavy atom. The lowest BCUT2D eigenvalue weighted by Crippen LogP contribution is -2.53. The van der Waals surface area contributed by atoms with E-state index in [-0.39, 0.29) is 54.0 Å². The molecule has 1 atom stereocenters. The number of sulfone groups is 1. The fraction of sp³-hybridized carbons (Fsp3) is 0.667. The molecule has 3 heterocycles. The van der Waals surface area contributed by atoms with Gasteiger partial charge in [-0.15, -0.1) is 0 Å². The number of carbonyl (C=O) groups excluding carboxylic acids is 1. The molecular formula is C21H29N3O7S2. The zero-order valence-corrected chi connectivity index (χ0v) is 20.0. The number of ether oxygens (including phenoxy) is 2. The summed E-state index contributed by atoms with van der Waals surface area (Å²) in [4.78, 5) is 17.0. The van der Waals surface area contributed by atoms with Crippen molar-refractivity contribution >= 4 is 25.8 Å². The van der Waals surface area contributed by atoms with Gasteiger partial charge in [0, 0.05) is 44.3 Å². The van der Waals surface area contributed by atoms with E-state index in [2.05, 4.69) is 0 Å². The van der Waals surface area contributed by atoms with Gasteiger partial charge < -0.3 is 14.4 Å². The molecule has 5 rings (SSSR count). The molecule has 10 nitrogen and oxygen atoms in total. The molecule has 0 bridgehead atoms. The van der Waals surface area contributed by atoms with Crippen molar-refractivity contribution in [1.82, 2.24) is 14.1 Å². The van der Waals surface area contributed by atoms with Crippen LogP contribution in [0.3, 0.4) is 0 Å². The smallest absolute Gasteiger partial charge is 0.243 e. The number of rotatable bonds is 6. The van der Waals surface area contributed by atoms with E-state index < -0.39 is 19.9 Å². The standard InChI is InChI=1S/C21H29N3O7S2/c25-21(24(16-1-2-16)17-5-12-32(26,27)15-17)14-22-6-8-23(9-7-22)33(28,29)18-3-4-19-20(13-18)31-11-10-30-19/h3-4,13,16-17H,1-2,5-12,14-15H2/t17-/m1/s1. The molecule has 0 radical (unpaired) electrons. The zero-order valence-electron chi connectivity index (χ0n) is 18.4. The van der Waals surface area contributed by atoms with Gasteiger partial charge in [-0.3, -0.25) is 9.69 Å². The van der Waals surface area contributed by atoms with Gasteiger partial charge in [0.05, 0.1) is 22.9 Å². The Balaban J connectivity index is 1.20.